The van der Waals surface area contributed by atoms with Gasteiger partial charge in [-0.25, -0.2) is 0 Å². The first-order valence-corrected chi connectivity index (χ1v) is 4.81. The number of rotatable bonds is 3. The Balaban J connectivity index is 2.19. The molecule has 0 saturated carbocycles. The second-order valence-electron chi connectivity index (χ2n) is 3.72. The smallest absolute Gasteiger partial charge is 0.228 e. The van der Waals surface area contributed by atoms with E-state index in [1.807, 2.05) is 18.2 Å². The van der Waals surface area contributed by atoms with Gasteiger partial charge in [0.05, 0.1) is 12.5 Å². The zero-order valence-corrected chi connectivity index (χ0v) is 8.19. The van der Waals surface area contributed by atoms with Gasteiger partial charge in [-0.2, -0.15) is 0 Å². The first-order valence-electron chi connectivity index (χ1n) is 4.81. The van der Waals surface area contributed by atoms with Gasteiger partial charge in [-0.3, -0.25) is 4.79 Å². The molecule has 1 aliphatic rings. The second-order valence-corrected chi connectivity index (χ2v) is 3.72. The number of nitrogens with one attached hydrogen (secondary N) is 1. The third-order valence-electron chi connectivity index (χ3n) is 2.44. The van der Waals surface area contributed by atoms with Crippen LogP contribution in [0.3, 0.4) is 0 Å². The lowest BCUT2D eigenvalue weighted by Gasteiger charge is -2.05. The number of aldehydes is 1. The molecule has 1 amide bonds. The van der Waals surface area contributed by atoms with E-state index in [2.05, 4.69) is 5.32 Å². The summed E-state index contributed by atoms with van der Waals surface area (Å²) in [6, 6.07) is 5.20. The van der Waals surface area contributed by atoms with Gasteiger partial charge in [-0.15, -0.1) is 0 Å². The Hall–Kier alpha value is -1.68. The molecule has 1 aliphatic heterocycles. The van der Waals surface area contributed by atoms with Crippen molar-refractivity contribution in [3.63, 3.8) is 0 Å². The fourth-order valence-electron chi connectivity index (χ4n) is 1.73. The predicted octanol–water partition coefficient (Wildman–Crippen LogP) is 0.250. The third kappa shape index (κ3) is 2.05. The van der Waals surface area contributed by atoms with Crippen molar-refractivity contribution in [2.75, 3.05) is 5.32 Å². The molecule has 0 radical (unpaired) electrons. The van der Waals surface area contributed by atoms with Crippen LogP contribution in [0.15, 0.2) is 18.2 Å². The minimum atomic E-state index is -0.465. The molecule has 2 rings (SSSR count). The molecule has 1 aromatic carbocycles. The molecule has 4 heteroatoms. The molecule has 78 valence electrons. The number of anilines is 1. The highest BCUT2D eigenvalue weighted by Gasteiger charge is 2.17. The Kier molecular flexibility index (Phi) is 2.51. The van der Waals surface area contributed by atoms with Gasteiger partial charge in [0.1, 0.15) is 6.29 Å². The highest BCUT2D eigenvalue weighted by molar-refractivity contribution is 5.99. The number of amides is 1. The molecular formula is C11H12N2O2. The van der Waals surface area contributed by atoms with Crippen LogP contribution >= 0.6 is 0 Å². The molecule has 1 aromatic rings. The van der Waals surface area contributed by atoms with Crippen molar-refractivity contribution in [2.24, 2.45) is 5.73 Å². The van der Waals surface area contributed by atoms with Crippen molar-refractivity contribution in [1.29, 1.82) is 0 Å². The summed E-state index contributed by atoms with van der Waals surface area (Å²) in [5.74, 6) is 0.0156. The molecule has 0 spiro atoms. The first-order chi connectivity index (χ1) is 7.19. The first kappa shape index (κ1) is 9.86. The maximum absolute atomic E-state index is 11.1. The van der Waals surface area contributed by atoms with E-state index in [4.69, 9.17) is 5.73 Å². The molecule has 0 saturated heterocycles. The van der Waals surface area contributed by atoms with Crippen LogP contribution in [0.4, 0.5) is 5.69 Å². The van der Waals surface area contributed by atoms with Gasteiger partial charge in [0.15, 0.2) is 0 Å². The van der Waals surface area contributed by atoms with E-state index in [0.29, 0.717) is 12.8 Å². The summed E-state index contributed by atoms with van der Waals surface area (Å²) in [5.41, 5.74) is 8.36. The minimum absolute atomic E-state index is 0.0156. The molecule has 0 fully saturated rings. The summed E-state index contributed by atoms with van der Waals surface area (Å²) >= 11 is 0. The Bertz CT molecular complexity index is 415. The number of hydrogen-bond donors (Lipinski definition) is 2. The van der Waals surface area contributed by atoms with Gasteiger partial charge in [0.25, 0.3) is 0 Å². The van der Waals surface area contributed by atoms with Gasteiger partial charge in [0, 0.05) is 5.69 Å². The molecule has 0 aliphatic carbocycles. The van der Waals surface area contributed by atoms with E-state index in [9.17, 15) is 9.59 Å². The Morgan fingerprint density at radius 3 is 3.07 bits per heavy atom. The van der Waals surface area contributed by atoms with E-state index < -0.39 is 6.04 Å². The van der Waals surface area contributed by atoms with Crippen molar-refractivity contribution in [1.82, 2.24) is 0 Å². The van der Waals surface area contributed by atoms with Crippen LogP contribution in [0.25, 0.3) is 0 Å². The van der Waals surface area contributed by atoms with E-state index in [1.54, 1.807) is 0 Å². The van der Waals surface area contributed by atoms with E-state index in [-0.39, 0.29) is 5.91 Å². The van der Waals surface area contributed by atoms with Crippen molar-refractivity contribution in [3.8, 4) is 0 Å². The van der Waals surface area contributed by atoms with Crippen LogP contribution in [0.5, 0.6) is 0 Å². The summed E-state index contributed by atoms with van der Waals surface area (Å²) in [7, 11) is 0. The average Bonchev–Trinajstić information content (AvgIpc) is 2.57. The minimum Gasteiger partial charge on any atom is -0.326 e. The number of carbonyl (C=O) groups excluding carboxylic acids is 2. The predicted molar refractivity (Wildman–Crippen MR) is 56.5 cm³/mol. The van der Waals surface area contributed by atoms with Crippen LogP contribution in [0.2, 0.25) is 0 Å². The summed E-state index contributed by atoms with van der Waals surface area (Å²) in [6.07, 6.45) is 1.67. The fraction of sp³-hybridized carbons (Fsp3) is 0.273. The molecule has 3 N–H and O–H groups in total. The van der Waals surface area contributed by atoms with Crippen LogP contribution in [-0.2, 0) is 22.4 Å². The molecule has 15 heavy (non-hydrogen) atoms. The van der Waals surface area contributed by atoms with E-state index in [0.717, 1.165) is 23.1 Å². The number of carbonyl (C=O) groups is 2. The normalized spacial score (nSPS) is 15.7. The molecule has 1 unspecified atom stereocenters. The zero-order valence-electron chi connectivity index (χ0n) is 8.19. The van der Waals surface area contributed by atoms with Crippen LogP contribution in [0.1, 0.15) is 11.1 Å². The van der Waals surface area contributed by atoms with Gasteiger partial charge >= 0.3 is 0 Å². The second kappa shape index (κ2) is 3.82. The van der Waals surface area contributed by atoms with Crippen molar-refractivity contribution < 1.29 is 9.59 Å². The zero-order chi connectivity index (χ0) is 10.8. The van der Waals surface area contributed by atoms with Crippen LogP contribution in [0, 0.1) is 0 Å². The molecule has 0 bridgehead atoms. The fourth-order valence-corrected chi connectivity index (χ4v) is 1.73. The average molecular weight is 204 g/mol. The van der Waals surface area contributed by atoms with E-state index in [1.165, 1.54) is 0 Å². The quantitative estimate of drug-likeness (QED) is 0.693. The largest absolute Gasteiger partial charge is 0.326 e. The van der Waals surface area contributed by atoms with Crippen molar-refractivity contribution in [3.05, 3.63) is 29.3 Å². The molecule has 1 atom stereocenters. The summed E-state index contributed by atoms with van der Waals surface area (Å²) in [6.45, 7) is 0. The Labute approximate surface area is 87.5 Å². The molecule has 1 heterocycles. The number of nitrogens with two attached hydrogens (primary N) is 1. The Morgan fingerprint density at radius 1 is 1.53 bits per heavy atom. The lowest BCUT2D eigenvalue weighted by Crippen LogP contribution is -2.24. The molecule has 4 nitrogen and oxygen atoms in total. The maximum Gasteiger partial charge on any atom is 0.228 e. The lowest BCUT2D eigenvalue weighted by atomic mass is 10.0. The number of fused-ring (bicyclic) bond motifs is 1. The van der Waals surface area contributed by atoms with Gasteiger partial charge in [-0.1, -0.05) is 12.1 Å². The summed E-state index contributed by atoms with van der Waals surface area (Å²) in [5, 5.41) is 2.75. The summed E-state index contributed by atoms with van der Waals surface area (Å²) in [4.78, 5) is 21.5. The van der Waals surface area contributed by atoms with Crippen molar-refractivity contribution >= 4 is 17.9 Å². The standard InChI is InChI=1S/C11H12N2O2/c12-9(6-14)4-7-1-2-10-8(3-7)5-11(15)13-10/h1-3,6,9H,4-5,12H2,(H,13,15). The monoisotopic (exact) mass is 204 g/mol. The maximum atomic E-state index is 11.1. The molecular weight excluding hydrogens is 192 g/mol. The van der Waals surface area contributed by atoms with Gasteiger partial charge in [-0.05, 0) is 23.6 Å². The van der Waals surface area contributed by atoms with Crippen LogP contribution < -0.4 is 11.1 Å². The van der Waals surface area contributed by atoms with E-state index >= 15 is 0 Å². The highest BCUT2D eigenvalue weighted by Crippen LogP contribution is 2.24. The molecule has 0 aromatic heterocycles. The van der Waals surface area contributed by atoms with Gasteiger partial charge in [0.2, 0.25) is 5.91 Å². The lowest BCUT2D eigenvalue weighted by molar-refractivity contribution is -0.115. The third-order valence-corrected chi connectivity index (χ3v) is 2.44. The number of hydrogen-bond acceptors (Lipinski definition) is 3. The highest BCUT2D eigenvalue weighted by atomic mass is 16.1. The van der Waals surface area contributed by atoms with Gasteiger partial charge < -0.3 is 15.8 Å². The topological polar surface area (TPSA) is 72.2 Å². The SMILES string of the molecule is NC(C=O)Cc1ccc2c(c1)CC(=O)N2. The summed E-state index contributed by atoms with van der Waals surface area (Å²) < 4.78 is 0. The number of benzene rings is 1. The van der Waals surface area contributed by atoms with Crippen LogP contribution in [-0.4, -0.2) is 18.2 Å². The Morgan fingerprint density at radius 2 is 2.33 bits per heavy atom. The van der Waals surface area contributed by atoms with Crippen molar-refractivity contribution in [2.45, 2.75) is 18.9 Å².